The number of carbonyl (C=O) groups is 2. The molecular weight excluding hydrogens is 332 g/mol. The Balaban J connectivity index is 2.25. The van der Waals surface area contributed by atoms with E-state index in [1.807, 2.05) is 0 Å². The topological polar surface area (TPSA) is 104 Å². The van der Waals surface area contributed by atoms with Crippen molar-refractivity contribution in [1.82, 2.24) is 9.62 Å². The van der Waals surface area contributed by atoms with Gasteiger partial charge in [-0.25, -0.2) is 17.9 Å². The number of nitrogens with zero attached hydrogens (tertiary/aromatic N) is 1. The summed E-state index contributed by atoms with van der Waals surface area (Å²) in [5.41, 5.74) is -0.950. The summed E-state index contributed by atoms with van der Waals surface area (Å²) in [5, 5.41) is 9.39. The normalized spacial score (nSPS) is 21.2. The Morgan fingerprint density at radius 1 is 1.25 bits per heavy atom. The lowest BCUT2D eigenvalue weighted by Crippen LogP contribution is -2.50. The van der Waals surface area contributed by atoms with Gasteiger partial charge in [-0.05, 0) is 57.9 Å². The van der Waals surface area contributed by atoms with Crippen molar-refractivity contribution in [2.45, 2.75) is 50.1 Å². The molecule has 1 aromatic carbocycles. The van der Waals surface area contributed by atoms with Gasteiger partial charge in [0.1, 0.15) is 5.54 Å². The molecule has 24 heavy (non-hydrogen) atoms. The van der Waals surface area contributed by atoms with E-state index < -0.39 is 27.4 Å². The largest absolute Gasteiger partial charge is 0.480 e. The van der Waals surface area contributed by atoms with Crippen LogP contribution in [0.1, 0.15) is 44.0 Å². The third-order valence-corrected chi connectivity index (χ3v) is 5.82. The number of likely N-dealkylation sites (tertiary alicyclic amines) is 1. The minimum atomic E-state index is -3.63. The molecule has 1 fully saturated rings. The molecule has 1 unspecified atom stereocenters. The average molecular weight is 354 g/mol. The van der Waals surface area contributed by atoms with Crippen LogP contribution in [0.3, 0.4) is 0 Å². The average Bonchev–Trinajstić information content (AvgIpc) is 2.89. The number of aliphatic carboxylic acids is 1. The number of rotatable bonds is 5. The van der Waals surface area contributed by atoms with Crippen LogP contribution in [0.5, 0.6) is 0 Å². The van der Waals surface area contributed by atoms with Gasteiger partial charge in [0.25, 0.3) is 5.91 Å². The molecule has 2 rings (SSSR count). The highest BCUT2D eigenvalue weighted by Gasteiger charge is 2.46. The van der Waals surface area contributed by atoms with Crippen LogP contribution in [0.4, 0.5) is 0 Å². The third-order valence-electron chi connectivity index (χ3n) is 4.15. The fourth-order valence-electron chi connectivity index (χ4n) is 2.82. The molecule has 1 atom stereocenters. The minimum Gasteiger partial charge on any atom is -0.480 e. The Kier molecular flexibility index (Phi) is 5.00. The second-order valence-electron chi connectivity index (χ2n) is 6.44. The van der Waals surface area contributed by atoms with Crippen molar-refractivity contribution >= 4 is 21.9 Å². The van der Waals surface area contributed by atoms with E-state index in [1.54, 1.807) is 13.8 Å². The number of carboxylic acid groups (broad SMARTS) is 1. The van der Waals surface area contributed by atoms with Crippen molar-refractivity contribution in [2.75, 3.05) is 6.54 Å². The monoisotopic (exact) mass is 354 g/mol. The Hall–Kier alpha value is -1.93. The molecule has 1 aromatic rings. The number of benzene rings is 1. The first-order chi connectivity index (χ1) is 11.1. The van der Waals surface area contributed by atoms with E-state index in [2.05, 4.69) is 4.72 Å². The van der Waals surface area contributed by atoms with Gasteiger partial charge in [-0.1, -0.05) is 0 Å². The van der Waals surface area contributed by atoms with E-state index in [4.69, 9.17) is 0 Å². The highest BCUT2D eigenvalue weighted by atomic mass is 32.2. The molecule has 0 bridgehead atoms. The zero-order chi connectivity index (χ0) is 18.1. The number of amides is 1. The van der Waals surface area contributed by atoms with Crippen molar-refractivity contribution in [3.8, 4) is 0 Å². The molecule has 1 aliphatic rings. The fourth-order valence-corrected chi connectivity index (χ4v) is 4.07. The number of carbonyl (C=O) groups excluding carboxylic acids is 1. The lowest BCUT2D eigenvalue weighted by Gasteiger charge is -2.31. The maximum Gasteiger partial charge on any atom is 0.329 e. The van der Waals surface area contributed by atoms with Crippen molar-refractivity contribution in [3.05, 3.63) is 29.8 Å². The highest BCUT2D eigenvalue weighted by molar-refractivity contribution is 7.89. The van der Waals surface area contributed by atoms with Crippen LogP contribution in [-0.2, 0) is 14.8 Å². The molecule has 2 N–H and O–H groups in total. The van der Waals surface area contributed by atoms with Gasteiger partial charge in [-0.2, -0.15) is 0 Å². The summed E-state index contributed by atoms with van der Waals surface area (Å²) in [7, 11) is -3.63. The van der Waals surface area contributed by atoms with Crippen LogP contribution in [-0.4, -0.2) is 48.4 Å². The summed E-state index contributed by atoms with van der Waals surface area (Å²) < 4.78 is 26.6. The summed E-state index contributed by atoms with van der Waals surface area (Å²) in [4.78, 5) is 25.5. The van der Waals surface area contributed by atoms with Crippen LogP contribution in [0.25, 0.3) is 0 Å². The second kappa shape index (κ2) is 6.52. The standard InChI is InChI=1S/C16H22N2O5S/c1-11(2)17-24(22,23)13-7-5-12(6-8-13)14(19)18-10-4-9-16(18,3)15(20)21/h5-8,11,17H,4,9-10H2,1-3H3,(H,20,21). The SMILES string of the molecule is CC(C)NS(=O)(=O)c1ccc(C(=O)N2CCCC2(C)C(=O)O)cc1. The Morgan fingerprint density at radius 3 is 2.33 bits per heavy atom. The number of hydrogen-bond acceptors (Lipinski definition) is 4. The number of sulfonamides is 1. The van der Waals surface area contributed by atoms with Crippen LogP contribution in [0.2, 0.25) is 0 Å². The predicted octanol–water partition coefficient (Wildman–Crippen LogP) is 1.45. The first-order valence-electron chi connectivity index (χ1n) is 7.76. The Labute approximate surface area is 141 Å². The molecule has 8 heteroatoms. The number of hydrogen-bond donors (Lipinski definition) is 2. The van der Waals surface area contributed by atoms with E-state index >= 15 is 0 Å². The third kappa shape index (κ3) is 3.44. The molecule has 132 valence electrons. The molecule has 1 amide bonds. The molecule has 0 aliphatic carbocycles. The summed E-state index contributed by atoms with van der Waals surface area (Å²) >= 11 is 0. The van der Waals surface area contributed by atoms with E-state index in [0.717, 1.165) is 0 Å². The molecule has 7 nitrogen and oxygen atoms in total. The van der Waals surface area contributed by atoms with Gasteiger partial charge in [0, 0.05) is 18.2 Å². The first-order valence-corrected chi connectivity index (χ1v) is 9.24. The molecule has 1 aliphatic heterocycles. The fraction of sp³-hybridized carbons (Fsp3) is 0.500. The van der Waals surface area contributed by atoms with Crippen LogP contribution in [0.15, 0.2) is 29.2 Å². The Bertz CT molecular complexity index is 742. The van der Waals surface area contributed by atoms with Gasteiger partial charge in [0.2, 0.25) is 10.0 Å². The van der Waals surface area contributed by atoms with Crippen molar-refractivity contribution in [1.29, 1.82) is 0 Å². The van der Waals surface area contributed by atoms with E-state index in [9.17, 15) is 23.1 Å². The predicted molar refractivity (Wildman–Crippen MR) is 88.2 cm³/mol. The van der Waals surface area contributed by atoms with E-state index in [-0.39, 0.29) is 16.5 Å². The number of nitrogens with one attached hydrogen (secondary N) is 1. The summed E-state index contributed by atoms with van der Waals surface area (Å²) in [6, 6.07) is 5.30. The molecular formula is C16H22N2O5S. The van der Waals surface area contributed by atoms with Crippen molar-refractivity contribution in [2.24, 2.45) is 0 Å². The zero-order valence-electron chi connectivity index (χ0n) is 13.9. The summed E-state index contributed by atoms with van der Waals surface area (Å²) in [6.07, 6.45) is 1.03. The maximum absolute atomic E-state index is 12.6. The summed E-state index contributed by atoms with van der Waals surface area (Å²) in [5.74, 6) is -1.44. The minimum absolute atomic E-state index is 0.0650. The molecule has 0 spiro atoms. The molecule has 1 heterocycles. The maximum atomic E-state index is 12.6. The van der Waals surface area contributed by atoms with E-state index in [0.29, 0.717) is 19.4 Å². The van der Waals surface area contributed by atoms with Gasteiger partial charge in [-0.15, -0.1) is 0 Å². The lowest BCUT2D eigenvalue weighted by molar-refractivity contribution is -0.147. The smallest absolute Gasteiger partial charge is 0.329 e. The first kappa shape index (κ1) is 18.4. The molecule has 0 aromatic heterocycles. The Morgan fingerprint density at radius 2 is 1.83 bits per heavy atom. The second-order valence-corrected chi connectivity index (χ2v) is 8.15. The van der Waals surface area contributed by atoms with Gasteiger partial charge in [0.15, 0.2) is 0 Å². The molecule has 0 radical (unpaired) electrons. The van der Waals surface area contributed by atoms with Crippen LogP contribution < -0.4 is 4.72 Å². The van der Waals surface area contributed by atoms with Crippen LogP contribution in [0, 0.1) is 0 Å². The van der Waals surface area contributed by atoms with Crippen LogP contribution >= 0.6 is 0 Å². The van der Waals surface area contributed by atoms with Gasteiger partial charge in [0.05, 0.1) is 4.90 Å². The summed E-state index contributed by atoms with van der Waals surface area (Å²) in [6.45, 7) is 5.34. The van der Waals surface area contributed by atoms with Crippen molar-refractivity contribution in [3.63, 3.8) is 0 Å². The van der Waals surface area contributed by atoms with Crippen molar-refractivity contribution < 1.29 is 23.1 Å². The van der Waals surface area contributed by atoms with Gasteiger partial charge >= 0.3 is 5.97 Å². The lowest BCUT2D eigenvalue weighted by atomic mass is 9.98. The quantitative estimate of drug-likeness (QED) is 0.833. The van der Waals surface area contributed by atoms with Gasteiger partial charge < -0.3 is 10.0 Å². The molecule has 0 saturated carbocycles. The van der Waals surface area contributed by atoms with Gasteiger partial charge in [-0.3, -0.25) is 4.79 Å². The molecule has 1 saturated heterocycles. The number of carboxylic acids is 1. The van der Waals surface area contributed by atoms with E-state index in [1.165, 1.54) is 36.1 Å². The highest BCUT2D eigenvalue weighted by Crippen LogP contribution is 2.30. The zero-order valence-corrected chi connectivity index (χ0v) is 14.8.